The fourth-order valence-corrected chi connectivity index (χ4v) is 0.740. The van der Waals surface area contributed by atoms with E-state index in [1.54, 1.807) is 7.11 Å². The number of ether oxygens (including phenoxy) is 1. The lowest BCUT2D eigenvalue weighted by atomic mass is 10.2. The van der Waals surface area contributed by atoms with E-state index < -0.39 is 0 Å². The maximum absolute atomic E-state index is 4.87. The highest BCUT2D eigenvalue weighted by Gasteiger charge is 1.86. The molecule has 0 aliphatic carbocycles. The molecule has 0 aromatic heterocycles. The van der Waals surface area contributed by atoms with Gasteiger partial charge in [0.2, 0.25) is 0 Å². The highest BCUT2D eigenvalue weighted by Crippen LogP contribution is 2.00. The number of methoxy groups -OCH3 is 1. The van der Waals surface area contributed by atoms with Gasteiger partial charge in [0.15, 0.2) is 0 Å². The molecule has 0 aromatic rings. The van der Waals surface area contributed by atoms with Crippen LogP contribution in [-0.2, 0) is 4.74 Å². The lowest BCUT2D eigenvalue weighted by molar-refractivity contribution is 0.220. The van der Waals surface area contributed by atoms with Crippen LogP contribution in [0.25, 0.3) is 0 Å². The standard InChI is InChI=1S/C8H17O/c1-3-4-5-6-7-8-9-2/h7H,3-6,8H2,1-2H3. The number of hydrogen-bond acceptors (Lipinski definition) is 1. The van der Waals surface area contributed by atoms with Crippen LogP contribution in [-0.4, -0.2) is 13.7 Å². The van der Waals surface area contributed by atoms with Crippen molar-refractivity contribution in [1.82, 2.24) is 0 Å². The van der Waals surface area contributed by atoms with E-state index in [-0.39, 0.29) is 0 Å². The molecule has 0 atom stereocenters. The monoisotopic (exact) mass is 129 g/mol. The maximum atomic E-state index is 4.87. The molecule has 0 rings (SSSR count). The van der Waals surface area contributed by atoms with Crippen molar-refractivity contribution in [2.75, 3.05) is 13.7 Å². The topological polar surface area (TPSA) is 9.23 Å². The maximum Gasteiger partial charge on any atom is 0.0493 e. The Morgan fingerprint density at radius 1 is 1.33 bits per heavy atom. The third kappa shape index (κ3) is 7.96. The van der Waals surface area contributed by atoms with Gasteiger partial charge < -0.3 is 4.74 Å². The molecular formula is C8H17O. The van der Waals surface area contributed by atoms with Gasteiger partial charge in [-0.25, -0.2) is 0 Å². The normalized spacial score (nSPS) is 10.0. The molecule has 0 saturated heterocycles. The molecule has 0 aliphatic rings. The van der Waals surface area contributed by atoms with Gasteiger partial charge in [-0.2, -0.15) is 0 Å². The van der Waals surface area contributed by atoms with Crippen molar-refractivity contribution in [2.45, 2.75) is 32.6 Å². The smallest absolute Gasteiger partial charge is 0.0493 e. The molecular weight excluding hydrogens is 112 g/mol. The molecule has 0 aromatic carbocycles. The summed E-state index contributed by atoms with van der Waals surface area (Å²) in [6.45, 7) is 3.03. The molecule has 1 heteroatoms. The predicted octanol–water partition coefficient (Wildman–Crippen LogP) is 2.42. The van der Waals surface area contributed by atoms with E-state index in [4.69, 9.17) is 4.74 Å². The summed E-state index contributed by atoms with van der Waals surface area (Å²) in [5.41, 5.74) is 0. The van der Waals surface area contributed by atoms with Crippen LogP contribution in [0, 0.1) is 6.42 Å². The summed E-state index contributed by atoms with van der Waals surface area (Å²) in [7, 11) is 1.73. The van der Waals surface area contributed by atoms with Gasteiger partial charge >= 0.3 is 0 Å². The molecule has 55 valence electrons. The van der Waals surface area contributed by atoms with Crippen LogP contribution in [0.5, 0.6) is 0 Å². The summed E-state index contributed by atoms with van der Waals surface area (Å²) in [6.07, 6.45) is 7.37. The van der Waals surface area contributed by atoms with Crippen molar-refractivity contribution >= 4 is 0 Å². The third-order valence-corrected chi connectivity index (χ3v) is 1.30. The van der Waals surface area contributed by atoms with Crippen molar-refractivity contribution in [2.24, 2.45) is 0 Å². The van der Waals surface area contributed by atoms with Crippen molar-refractivity contribution in [3.63, 3.8) is 0 Å². The van der Waals surface area contributed by atoms with E-state index >= 15 is 0 Å². The van der Waals surface area contributed by atoms with Gasteiger partial charge in [-0.05, 0) is 12.8 Å². The molecule has 0 spiro atoms. The fourth-order valence-electron chi connectivity index (χ4n) is 0.740. The first-order valence-corrected chi connectivity index (χ1v) is 3.72. The SMILES string of the molecule is CCCCC[CH]COC. The molecule has 0 N–H and O–H groups in total. The second-order valence-electron chi connectivity index (χ2n) is 2.24. The molecule has 0 saturated carbocycles. The van der Waals surface area contributed by atoms with Gasteiger partial charge in [0.25, 0.3) is 0 Å². The molecule has 9 heavy (non-hydrogen) atoms. The van der Waals surface area contributed by atoms with Gasteiger partial charge in [0.1, 0.15) is 0 Å². The Morgan fingerprint density at radius 2 is 2.11 bits per heavy atom. The van der Waals surface area contributed by atoms with E-state index in [1.165, 1.54) is 25.7 Å². The van der Waals surface area contributed by atoms with Gasteiger partial charge in [0, 0.05) is 13.7 Å². The van der Waals surface area contributed by atoms with Crippen molar-refractivity contribution in [3.05, 3.63) is 6.42 Å². The second-order valence-corrected chi connectivity index (χ2v) is 2.24. The Morgan fingerprint density at radius 3 is 2.67 bits per heavy atom. The zero-order valence-corrected chi connectivity index (χ0v) is 6.52. The Bertz CT molecular complexity index is 37.8. The third-order valence-electron chi connectivity index (χ3n) is 1.30. The first-order valence-electron chi connectivity index (χ1n) is 3.72. The average molecular weight is 129 g/mol. The zero-order chi connectivity index (χ0) is 6.95. The van der Waals surface area contributed by atoms with E-state index in [0.29, 0.717) is 0 Å². The second kappa shape index (κ2) is 7.96. The summed E-state index contributed by atoms with van der Waals surface area (Å²) in [5, 5.41) is 0. The summed E-state index contributed by atoms with van der Waals surface area (Å²) in [4.78, 5) is 0. The van der Waals surface area contributed by atoms with Gasteiger partial charge in [0.05, 0.1) is 0 Å². The van der Waals surface area contributed by atoms with Gasteiger partial charge in [-0.3, -0.25) is 0 Å². The highest BCUT2D eigenvalue weighted by atomic mass is 16.5. The largest absolute Gasteiger partial charge is 0.384 e. The molecule has 0 aliphatic heterocycles. The van der Waals surface area contributed by atoms with Crippen LogP contribution in [0.2, 0.25) is 0 Å². The molecule has 0 heterocycles. The van der Waals surface area contributed by atoms with Gasteiger partial charge in [-0.15, -0.1) is 0 Å². The van der Waals surface area contributed by atoms with Crippen LogP contribution in [0.15, 0.2) is 0 Å². The quantitative estimate of drug-likeness (QED) is 0.500. The number of hydrogen-bond donors (Lipinski definition) is 0. The lowest BCUT2D eigenvalue weighted by Gasteiger charge is -1.96. The zero-order valence-electron chi connectivity index (χ0n) is 6.52. The molecule has 0 fully saturated rings. The van der Waals surface area contributed by atoms with E-state index in [2.05, 4.69) is 13.3 Å². The number of rotatable bonds is 6. The van der Waals surface area contributed by atoms with Crippen molar-refractivity contribution < 1.29 is 4.74 Å². The van der Waals surface area contributed by atoms with Crippen LogP contribution in [0.1, 0.15) is 32.6 Å². The predicted molar refractivity (Wildman–Crippen MR) is 40.3 cm³/mol. The minimum Gasteiger partial charge on any atom is -0.384 e. The van der Waals surface area contributed by atoms with Crippen LogP contribution in [0.4, 0.5) is 0 Å². The van der Waals surface area contributed by atoms with Gasteiger partial charge in [-0.1, -0.05) is 26.2 Å². The Kier molecular flexibility index (Phi) is 7.92. The summed E-state index contributed by atoms with van der Waals surface area (Å²) < 4.78 is 4.87. The van der Waals surface area contributed by atoms with Crippen LogP contribution >= 0.6 is 0 Å². The molecule has 1 nitrogen and oxygen atoms in total. The van der Waals surface area contributed by atoms with Crippen LogP contribution in [0.3, 0.4) is 0 Å². The van der Waals surface area contributed by atoms with E-state index in [9.17, 15) is 0 Å². The lowest BCUT2D eigenvalue weighted by Crippen LogP contribution is -1.88. The number of unbranched alkanes of at least 4 members (excludes halogenated alkanes) is 4. The molecule has 0 bridgehead atoms. The Balaban J connectivity index is 2.60. The van der Waals surface area contributed by atoms with Crippen molar-refractivity contribution in [3.8, 4) is 0 Å². The minimum atomic E-state index is 0.809. The first kappa shape index (κ1) is 8.96. The molecule has 1 radical (unpaired) electrons. The van der Waals surface area contributed by atoms with E-state index in [1.807, 2.05) is 0 Å². The summed E-state index contributed by atoms with van der Waals surface area (Å²) in [6, 6.07) is 0. The Labute approximate surface area is 58.4 Å². The van der Waals surface area contributed by atoms with E-state index in [0.717, 1.165) is 6.61 Å². The molecule has 0 amide bonds. The molecule has 0 unspecified atom stereocenters. The Hall–Kier alpha value is -0.0400. The first-order chi connectivity index (χ1) is 4.41. The van der Waals surface area contributed by atoms with Crippen molar-refractivity contribution in [1.29, 1.82) is 0 Å². The highest BCUT2D eigenvalue weighted by molar-refractivity contribution is 4.61. The fraction of sp³-hybridized carbons (Fsp3) is 0.875. The minimum absolute atomic E-state index is 0.809. The average Bonchev–Trinajstić information content (AvgIpc) is 1.89. The summed E-state index contributed by atoms with van der Waals surface area (Å²) in [5.74, 6) is 0. The summed E-state index contributed by atoms with van der Waals surface area (Å²) >= 11 is 0. The van der Waals surface area contributed by atoms with Crippen LogP contribution < -0.4 is 0 Å².